The van der Waals surface area contributed by atoms with Crippen molar-refractivity contribution in [3.8, 4) is 0 Å². The van der Waals surface area contributed by atoms with E-state index in [1.807, 2.05) is 48.0 Å². The van der Waals surface area contributed by atoms with Gasteiger partial charge in [-0.3, -0.25) is 9.69 Å². The fourth-order valence-corrected chi connectivity index (χ4v) is 5.36. The zero-order valence-electron chi connectivity index (χ0n) is 22.1. The highest BCUT2D eigenvalue weighted by molar-refractivity contribution is 6.30. The first-order valence-corrected chi connectivity index (χ1v) is 13.2. The Morgan fingerprint density at radius 1 is 1.05 bits per heavy atom. The van der Waals surface area contributed by atoms with Gasteiger partial charge in [0.25, 0.3) is 5.56 Å². The first-order valence-electron chi connectivity index (χ1n) is 12.9. The average molecular weight is 520 g/mol. The number of piperazine rings is 1. The molecule has 8 nitrogen and oxygen atoms in total. The average Bonchev–Trinajstić information content (AvgIpc) is 3.38. The molecule has 2 aromatic heterocycles. The molecule has 0 amide bonds. The molecule has 0 radical (unpaired) electrons. The molecule has 194 valence electrons. The molecular weight excluding hydrogens is 486 g/mol. The monoisotopic (exact) mass is 519 g/mol. The van der Waals surface area contributed by atoms with Crippen LogP contribution in [0.25, 0.3) is 10.9 Å². The van der Waals surface area contributed by atoms with Crippen molar-refractivity contribution in [2.75, 3.05) is 31.1 Å². The minimum atomic E-state index is -0.378. The van der Waals surface area contributed by atoms with Crippen molar-refractivity contribution in [1.29, 1.82) is 0 Å². The van der Waals surface area contributed by atoms with E-state index in [9.17, 15) is 4.79 Å². The zero-order chi connectivity index (χ0) is 26.3. The summed E-state index contributed by atoms with van der Waals surface area (Å²) in [6, 6.07) is 13.7. The van der Waals surface area contributed by atoms with E-state index in [1.54, 1.807) is 0 Å². The Bertz CT molecular complexity index is 1480. The summed E-state index contributed by atoms with van der Waals surface area (Å²) in [5.41, 5.74) is 4.52. The number of halogens is 1. The van der Waals surface area contributed by atoms with Crippen molar-refractivity contribution in [3.63, 3.8) is 0 Å². The molecule has 1 atom stereocenters. The lowest BCUT2D eigenvalue weighted by Gasteiger charge is -2.40. The number of anilines is 1. The number of pyridine rings is 1. The number of aromatic amines is 1. The van der Waals surface area contributed by atoms with Crippen LogP contribution in [0.5, 0.6) is 0 Å². The van der Waals surface area contributed by atoms with Crippen LogP contribution in [-0.2, 0) is 5.54 Å². The van der Waals surface area contributed by atoms with Crippen molar-refractivity contribution in [3.05, 3.63) is 80.4 Å². The molecule has 4 aromatic rings. The molecule has 5 rings (SSSR count). The van der Waals surface area contributed by atoms with Gasteiger partial charge < -0.3 is 9.88 Å². The van der Waals surface area contributed by atoms with Gasteiger partial charge in [-0.1, -0.05) is 42.8 Å². The third-order valence-electron chi connectivity index (χ3n) is 7.78. The molecule has 9 heteroatoms. The van der Waals surface area contributed by atoms with Crippen molar-refractivity contribution < 1.29 is 0 Å². The van der Waals surface area contributed by atoms with E-state index in [1.165, 1.54) is 5.56 Å². The normalized spacial score (nSPS) is 15.9. The number of para-hydroxylation sites is 1. The Morgan fingerprint density at radius 3 is 2.54 bits per heavy atom. The number of nitrogens with one attached hydrogen (secondary N) is 1. The highest BCUT2D eigenvalue weighted by Gasteiger charge is 2.36. The number of rotatable bonds is 6. The fourth-order valence-electron chi connectivity index (χ4n) is 5.19. The summed E-state index contributed by atoms with van der Waals surface area (Å²) in [6.07, 6.45) is 0.854. The first-order chi connectivity index (χ1) is 17.7. The van der Waals surface area contributed by atoms with Gasteiger partial charge in [0.2, 0.25) is 0 Å². The maximum absolute atomic E-state index is 13.6. The molecule has 3 heterocycles. The standard InChI is InChI=1S/C28H34ClN7O/c1-6-28(4,5)36-26(31-32-33-36)25(22-16-20-9-7-8-19(3)24(20)30-27(22)37)35-14-12-34(13-15-35)23-17-21(29)11-10-18(23)2/h7-11,16-17,25H,6,12-15H2,1-5H3,(H,30,37). The lowest BCUT2D eigenvalue weighted by molar-refractivity contribution is 0.186. The molecule has 2 aromatic carbocycles. The number of hydrogen-bond acceptors (Lipinski definition) is 6. The summed E-state index contributed by atoms with van der Waals surface area (Å²) in [6.45, 7) is 13.6. The zero-order valence-corrected chi connectivity index (χ0v) is 22.9. The SMILES string of the molecule is CCC(C)(C)n1nnnc1C(c1cc2cccc(C)c2[nH]c1=O)N1CCN(c2cc(Cl)ccc2C)CC1. The fraction of sp³-hybridized carbons (Fsp3) is 0.429. The number of benzene rings is 2. The number of aryl methyl sites for hydroxylation is 2. The quantitative estimate of drug-likeness (QED) is 0.392. The minimum Gasteiger partial charge on any atom is -0.369 e. The van der Waals surface area contributed by atoms with Gasteiger partial charge >= 0.3 is 0 Å². The molecule has 0 bridgehead atoms. The Balaban J connectivity index is 1.57. The highest BCUT2D eigenvalue weighted by atomic mass is 35.5. The van der Waals surface area contributed by atoms with Crippen LogP contribution in [-0.4, -0.2) is 56.3 Å². The largest absolute Gasteiger partial charge is 0.369 e. The number of nitrogens with zero attached hydrogens (tertiary/aromatic N) is 6. The van der Waals surface area contributed by atoms with Gasteiger partial charge in [0, 0.05) is 42.5 Å². The first kappa shape index (κ1) is 25.4. The van der Waals surface area contributed by atoms with Crippen molar-refractivity contribution in [2.24, 2.45) is 0 Å². The van der Waals surface area contributed by atoms with E-state index >= 15 is 0 Å². The summed E-state index contributed by atoms with van der Waals surface area (Å²) in [5, 5.41) is 14.7. The second-order valence-electron chi connectivity index (χ2n) is 10.6. The summed E-state index contributed by atoms with van der Waals surface area (Å²) >= 11 is 6.31. The third kappa shape index (κ3) is 4.76. The Morgan fingerprint density at radius 2 is 1.81 bits per heavy atom. The van der Waals surface area contributed by atoms with Crippen LogP contribution >= 0.6 is 11.6 Å². The van der Waals surface area contributed by atoms with Gasteiger partial charge in [0.15, 0.2) is 5.82 Å². The van der Waals surface area contributed by atoms with E-state index in [4.69, 9.17) is 11.6 Å². The van der Waals surface area contributed by atoms with Crippen LogP contribution in [0.3, 0.4) is 0 Å². The Kier molecular flexibility index (Phi) is 6.81. The molecule has 0 spiro atoms. The van der Waals surface area contributed by atoms with Crippen molar-refractivity contribution in [2.45, 2.75) is 52.6 Å². The van der Waals surface area contributed by atoms with Crippen LogP contribution in [0.4, 0.5) is 5.69 Å². The Hall–Kier alpha value is -3.23. The van der Waals surface area contributed by atoms with Gasteiger partial charge in [-0.05, 0) is 79.3 Å². The second-order valence-corrected chi connectivity index (χ2v) is 11.0. The van der Waals surface area contributed by atoms with Gasteiger partial charge in [-0.15, -0.1) is 5.10 Å². The lowest BCUT2D eigenvalue weighted by atomic mass is 9.98. The summed E-state index contributed by atoms with van der Waals surface area (Å²) in [7, 11) is 0. The predicted molar refractivity (Wildman–Crippen MR) is 149 cm³/mol. The van der Waals surface area contributed by atoms with Gasteiger partial charge in [0.1, 0.15) is 6.04 Å². The third-order valence-corrected chi connectivity index (χ3v) is 8.01. The number of H-pyrrole nitrogens is 1. The maximum atomic E-state index is 13.6. The molecule has 1 N–H and O–H groups in total. The molecular formula is C28H34ClN7O. The van der Waals surface area contributed by atoms with Crippen LogP contribution in [0.1, 0.15) is 55.7 Å². The van der Waals surface area contributed by atoms with Gasteiger partial charge in [0.05, 0.1) is 11.1 Å². The molecule has 37 heavy (non-hydrogen) atoms. The number of hydrogen-bond donors (Lipinski definition) is 1. The Labute approximate surface area is 222 Å². The molecule has 0 saturated carbocycles. The van der Waals surface area contributed by atoms with Gasteiger partial charge in [-0.2, -0.15) is 0 Å². The maximum Gasteiger partial charge on any atom is 0.253 e. The number of fused-ring (bicyclic) bond motifs is 1. The summed E-state index contributed by atoms with van der Waals surface area (Å²) < 4.78 is 1.89. The van der Waals surface area contributed by atoms with E-state index in [2.05, 4.69) is 64.1 Å². The van der Waals surface area contributed by atoms with Gasteiger partial charge in [-0.25, -0.2) is 4.68 Å². The molecule has 1 unspecified atom stereocenters. The van der Waals surface area contributed by atoms with Crippen molar-refractivity contribution in [1.82, 2.24) is 30.1 Å². The minimum absolute atomic E-state index is 0.108. The van der Waals surface area contributed by atoms with E-state index < -0.39 is 0 Å². The topological polar surface area (TPSA) is 82.9 Å². The van der Waals surface area contributed by atoms with Crippen LogP contribution in [0, 0.1) is 13.8 Å². The van der Waals surface area contributed by atoms with E-state index in [0.29, 0.717) is 11.4 Å². The highest BCUT2D eigenvalue weighted by Crippen LogP contribution is 2.33. The summed E-state index contributed by atoms with van der Waals surface area (Å²) in [5.74, 6) is 0.691. The smallest absolute Gasteiger partial charge is 0.253 e. The van der Waals surface area contributed by atoms with Crippen LogP contribution in [0.15, 0.2) is 47.3 Å². The molecule has 1 aliphatic rings. The van der Waals surface area contributed by atoms with Crippen molar-refractivity contribution >= 4 is 28.2 Å². The molecule has 0 aliphatic carbocycles. The summed E-state index contributed by atoms with van der Waals surface area (Å²) in [4.78, 5) is 21.4. The lowest BCUT2D eigenvalue weighted by Crippen LogP contribution is -2.49. The second kappa shape index (κ2) is 9.91. The van der Waals surface area contributed by atoms with Crippen LogP contribution in [0.2, 0.25) is 5.02 Å². The molecule has 1 saturated heterocycles. The van der Waals surface area contributed by atoms with Crippen LogP contribution < -0.4 is 10.5 Å². The van der Waals surface area contributed by atoms with E-state index in [-0.39, 0.29) is 17.1 Å². The number of aromatic nitrogens is 5. The predicted octanol–water partition coefficient (Wildman–Crippen LogP) is 4.84. The molecule has 1 fully saturated rings. The van der Waals surface area contributed by atoms with E-state index in [0.717, 1.165) is 59.8 Å². The molecule has 1 aliphatic heterocycles. The number of tetrazole rings is 1.